The third-order valence-electron chi connectivity index (χ3n) is 5.66. The van der Waals surface area contributed by atoms with Gasteiger partial charge in [-0.25, -0.2) is 17.6 Å². The zero-order chi connectivity index (χ0) is 22.6. The van der Waals surface area contributed by atoms with Crippen molar-refractivity contribution in [2.45, 2.75) is 39.4 Å². The van der Waals surface area contributed by atoms with Crippen LogP contribution in [0.25, 0.3) is 0 Å². The van der Waals surface area contributed by atoms with E-state index >= 15 is 4.39 Å². The molecule has 31 heavy (non-hydrogen) atoms. The van der Waals surface area contributed by atoms with Crippen LogP contribution in [0.3, 0.4) is 0 Å². The minimum atomic E-state index is -3.22. The Kier molecular flexibility index (Phi) is 7.34. The van der Waals surface area contributed by atoms with Gasteiger partial charge >= 0.3 is 6.03 Å². The van der Waals surface area contributed by atoms with E-state index in [1.807, 2.05) is 26.0 Å². The number of hydrazine groups is 1. The van der Waals surface area contributed by atoms with Crippen molar-refractivity contribution in [3.63, 3.8) is 0 Å². The molecule has 2 N–H and O–H groups in total. The quantitative estimate of drug-likeness (QED) is 0.649. The second-order valence-electron chi connectivity index (χ2n) is 7.79. The summed E-state index contributed by atoms with van der Waals surface area (Å²) in [5.74, 6) is -0.364. The second kappa shape index (κ2) is 9.80. The fourth-order valence-corrected chi connectivity index (χ4v) is 4.85. The van der Waals surface area contributed by atoms with Crippen molar-refractivity contribution in [3.8, 4) is 0 Å². The summed E-state index contributed by atoms with van der Waals surface area (Å²) in [7, 11) is -3.22. The molecule has 1 fully saturated rings. The Morgan fingerprint density at radius 3 is 2.68 bits per heavy atom. The maximum atomic E-state index is 15.1. The summed E-state index contributed by atoms with van der Waals surface area (Å²) >= 11 is 0. The Morgan fingerprint density at radius 2 is 2.00 bits per heavy atom. The molecule has 0 bridgehead atoms. The molecule has 1 aromatic rings. The first kappa shape index (κ1) is 23.2. The topological polar surface area (TPSA) is 85.0 Å². The van der Waals surface area contributed by atoms with E-state index in [4.69, 9.17) is 0 Å². The van der Waals surface area contributed by atoms with Crippen LogP contribution in [0, 0.1) is 5.82 Å². The number of carbonyl (C=O) groups excluding carboxylic acids is 1. The Bertz CT molecular complexity index is 966. The number of hydrogen-bond acceptors (Lipinski definition) is 5. The zero-order valence-corrected chi connectivity index (χ0v) is 18.9. The number of sulfonamides is 1. The van der Waals surface area contributed by atoms with E-state index in [2.05, 4.69) is 15.8 Å². The molecule has 3 rings (SSSR count). The average Bonchev–Trinajstić information content (AvgIpc) is 2.75. The van der Waals surface area contributed by atoms with Gasteiger partial charge in [0.05, 0.1) is 17.5 Å². The Labute approximate surface area is 183 Å². The van der Waals surface area contributed by atoms with Gasteiger partial charge in [-0.3, -0.25) is 20.7 Å². The van der Waals surface area contributed by atoms with Gasteiger partial charge in [-0.15, -0.1) is 0 Å². The average molecular weight is 452 g/mol. The summed E-state index contributed by atoms with van der Waals surface area (Å²) < 4.78 is 40.8. The summed E-state index contributed by atoms with van der Waals surface area (Å²) in [6.45, 7) is 7.13. The predicted molar refractivity (Wildman–Crippen MR) is 119 cm³/mol. The van der Waals surface area contributed by atoms with E-state index < -0.39 is 15.8 Å². The van der Waals surface area contributed by atoms with Gasteiger partial charge in [0.1, 0.15) is 0 Å². The second-order valence-corrected chi connectivity index (χ2v) is 10.0. The summed E-state index contributed by atoms with van der Waals surface area (Å²) in [5, 5.41) is 0. The molecule has 0 saturated carbocycles. The number of rotatable bonds is 6. The minimum absolute atomic E-state index is 0.0359. The van der Waals surface area contributed by atoms with Crippen LogP contribution < -0.4 is 10.9 Å². The highest BCUT2D eigenvalue weighted by Crippen LogP contribution is 2.22. The lowest BCUT2D eigenvalue weighted by Gasteiger charge is -2.39. The molecule has 10 heteroatoms. The monoisotopic (exact) mass is 451 g/mol. The van der Waals surface area contributed by atoms with Crippen LogP contribution in [0.15, 0.2) is 42.6 Å². The van der Waals surface area contributed by atoms with E-state index in [-0.39, 0.29) is 29.6 Å². The first-order valence-electron chi connectivity index (χ1n) is 10.4. The van der Waals surface area contributed by atoms with E-state index in [9.17, 15) is 13.2 Å². The van der Waals surface area contributed by atoms with Crippen LogP contribution in [0.2, 0.25) is 0 Å². The van der Waals surface area contributed by atoms with E-state index in [1.165, 1.54) is 9.21 Å². The highest BCUT2D eigenvalue weighted by Gasteiger charge is 2.30. The van der Waals surface area contributed by atoms with Gasteiger partial charge in [0, 0.05) is 44.0 Å². The Hall–Kier alpha value is -2.43. The molecule has 2 aliphatic rings. The van der Waals surface area contributed by atoms with Gasteiger partial charge < -0.3 is 0 Å². The lowest BCUT2D eigenvalue weighted by atomic mass is 10.1. The number of nitrogens with zero attached hydrogens (tertiary/aromatic N) is 3. The van der Waals surface area contributed by atoms with Crippen LogP contribution in [-0.2, 0) is 16.6 Å². The van der Waals surface area contributed by atoms with Gasteiger partial charge in [-0.2, -0.15) is 4.31 Å². The molecular formula is C21H30FN5O3S. The summed E-state index contributed by atoms with van der Waals surface area (Å²) in [5.41, 5.74) is 5.86. The number of carbonyl (C=O) groups is 1. The molecule has 1 unspecified atom stereocenters. The van der Waals surface area contributed by atoms with Crippen molar-refractivity contribution in [2.24, 2.45) is 0 Å². The standard InChI is InChI=1S/C21H30FN5O3S/c1-4-31(29,30)26-13-12-25(17(3)14-26)15-18-9-7-10-19(20(18)22)23-24-21(28)27-11-6-5-8-16(27)2/h5-11,16-17,23H,4,12-15H2,1-3H3,(H,24,28)/t16?,17-/m0/s1. The van der Waals surface area contributed by atoms with Crippen molar-refractivity contribution in [2.75, 3.05) is 30.8 Å². The van der Waals surface area contributed by atoms with Crippen LogP contribution in [0.4, 0.5) is 14.9 Å². The van der Waals surface area contributed by atoms with Crippen molar-refractivity contribution in [1.29, 1.82) is 0 Å². The highest BCUT2D eigenvalue weighted by atomic mass is 32.2. The molecule has 0 radical (unpaired) electrons. The number of amides is 2. The van der Waals surface area contributed by atoms with Gasteiger partial charge in [0.15, 0.2) is 5.82 Å². The van der Waals surface area contributed by atoms with Crippen LogP contribution in [-0.4, -0.2) is 66.0 Å². The van der Waals surface area contributed by atoms with Gasteiger partial charge in [-0.1, -0.05) is 24.3 Å². The predicted octanol–water partition coefficient (Wildman–Crippen LogP) is 2.49. The number of benzene rings is 1. The van der Waals surface area contributed by atoms with Gasteiger partial charge in [0.2, 0.25) is 10.0 Å². The number of piperazine rings is 1. The Morgan fingerprint density at radius 1 is 1.23 bits per heavy atom. The lowest BCUT2D eigenvalue weighted by Crippen LogP contribution is -2.53. The molecule has 8 nitrogen and oxygen atoms in total. The third kappa shape index (κ3) is 5.44. The maximum absolute atomic E-state index is 15.1. The molecule has 0 aromatic heterocycles. The summed E-state index contributed by atoms with van der Waals surface area (Å²) in [6.07, 6.45) is 7.17. The molecule has 1 aromatic carbocycles. The molecule has 2 atom stereocenters. The number of hydrogen-bond donors (Lipinski definition) is 2. The first-order chi connectivity index (χ1) is 14.7. The molecule has 0 spiro atoms. The molecule has 2 aliphatic heterocycles. The number of halogens is 1. The number of urea groups is 1. The van der Waals surface area contributed by atoms with Crippen LogP contribution >= 0.6 is 0 Å². The van der Waals surface area contributed by atoms with Crippen molar-refractivity contribution < 1.29 is 17.6 Å². The smallest absolute Gasteiger partial charge is 0.294 e. The summed E-state index contributed by atoms with van der Waals surface area (Å²) in [6, 6.07) is 4.46. The maximum Gasteiger partial charge on any atom is 0.340 e. The molecule has 2 amide bonds. The number of anilines is 1. The molecule has 2 heterocycles. The largest absolute Gasteiger partial charge is 0.340 e. The van der Waals surface area contributed by atoms with E-state index in [0.29, 0.717) is 31.7 Å². The normalized spacial score (nSPS) is 22.5. The minimum Gasteiger partial charge on any atom is -0.294 e. The van der Waals surface area contributed by atoms with E-state index in [0.717, 1.165) is 0 Å². The van der Waals surface area contributed by atoms with Crippen molar-refractivity contribution >= 4 is 21.7 Å². The Balaban J connectivity index is 1.61. The number of nitrogens with one attached hydrogen (secondary N) is 2. The van der Waals surface area contributed by atoms with Crippen molar-refractivity contribution in [1.82, 2.24) is 19.5 Å². The zero-order valence-electron chi connectivity index (χ0n) is 18.1. The fraction of sp³-hybridized carbons (Fsp3) is 0.476. The SMILES string of the molecule is CCS(=O)(=O)N1CCN(Cc2cccc(NNC(=O)N3C=CC=CC3C)c2F)[C@@H](C)C1. The van der Waals surface area contributed by atoms with Crippen LogP contribution in [0.5, 0.6) is 0 Å². The van der Waals surface area contributed by atoms with E-state index in [1.54, 1.807) is 37.4 Å². The lowest BCUT2D eigenvalue weighted by molar-refractivity contribution is 0.121. The molecule has 170 valence electrons. The molecular weight excluding hydrogens is 421 g/mol. The van der Waals surface area contributed by atoms with Gasteiger partial charge in [0.25, 0.3) is 0 Å². The number of allylic oxidation sites excluding steroid dienone is 2. The highest BCUT2D eigenvalue weighted by molar-refractivity contribution is 7.89. The molecule has 1 saturated heterocycles. The summed E-state index contributed by atoms with van der Waals surface area (Å²) in [4.78, 5) is 15.9. The van der Waals surface area contributed by atoms with Gasteiger partial charge in [-0.05, 0) is 32.9 Å². The third-order valence-corrected chi connectivity index (χ3v) is 7.51. The fourth-order valence-electron chi connectivity index (χ4n) is 3.68. The van der Waals surface area contributed by atoms with Crippen LogP contribution in [0.1, 0.15) is 26.3 Å². The first-order valence-corrected chi connectivity index (χ1v) is 12.0. The molecule has 0 aliphatic carbocycles. The van der Waals surface area contributed by atoms with Crippen molar-refractivity contribution in [3.05, 3.63) is 54.0 Å².